The molecule has 1 aromatic heterocycles. The highest BCUT2D eigenvalue weighted by molar-refractivity contribution is 9.10. The predicted molar refractivity (Wildman–Crippen MR) is 73.6 cm³/mol. The topological polar surface area (TPSA) is 66.5 Å². The number of halogens is 1. The highest BCUT2D eigenvalue weighted by atomic mass is 79.9. The molecule has 0 radical (unpaired) electrons. The summed E-state index contributed by atoms with van der Waals surface area (Å²) in [4.78, 5) is 3.89. The normalized spacial score (nSPS) is 14.3. The molecule has 1 aliphatic rings. The molecule has 0 spiro atoms. The summed E-state index contributed by atoms with van der Waals surface area (Å²) in [6.07, 6.45) is 4.11. The van der Waals surface area contributed by atoms with Gasteiger partial charge in [0, 0.05) is 17.1 Å². The van der Waals surface area contributed by atoms with Crippen LogP contribution >= 0.6 is 15.9 Å². The minimum absolute atomic E-state index is 0.176. The lowest BCUT2D eigenvalue weighted by Gasteiger charge is -2.08. The van der Waals surface area contributed by atoms with Gasteiger partial charge >= 0.3 is 0 Å². The van der Waals surface area contributed by atoms with Crippen molar-refractivity contribution in [1.82, 2.24) is 20.1 Å². The van der Waals surface area contributed by atoms with E-state index in [-0.39, 0.29) is 5.82 Å². The van der Waals surface area contributed by atoms with Gasteiger partial charge < -0.3 is 5.32 Å². The maximum absolute atomic E-state index is 8.72. The van der Waals surface area contributed by atoms with Gasteiger partial charge in [0.1, 0.15) is 12.4 Å². The van der Waals surface area contributed by atoms with E-state index in [0.29, 0.717) is 6.04 Å². The van der Waals surface area contributed by atoms with Gasteiger partial charge in [-0.1, -0.05) is 22.0 Å². The van der Waals surface area contributed by atoms with Crippen LogP contribution in [0.15, 0.2) is 29.0 Å². The number of rotatable bonds is 4. The molecule has 3 rings (SSSR count). The average Bonchev–Trinajstić information content (AvgIpc) is 3.12. The van der Waals surface area contributed by atoms with Gasteiger partial charge in [-0.15, -0.1) is 5.10 Å². The Hall–Kier alpha value is -1.71. The first-order chi connectivity index (χ1) is 9.26. The van der Waals surface area contributed by atoms with E-state index in [9.17, 15) is 0 Å². The summed E-state index contributed by atoms with van der Waals surface area (Å²) in [6, 6.07) is 8.63. The van der Waals surface area contributed by atoms with Gasteiger partial charge in [0.25, 0.3) is 5.82 Å². The third kappa shape index (κ3) is 2.83. The number of aromatic nitrogens is 3. The first kappa shape index (κ1) is 12.3. The molecule has 1 saturated carbocycles. The van der Waals surface area contributed by atoms with Crippen molar-refractivity contribution in [3.05, 3.63) is 40.4 Å². The lowest BCUT2D eigenvalue weighted by atomic mass is 10.2. The van der Waals surface area contributed by atoms with Gasteiger partial charge in [0.15, 0.2) is 0 Å². The second kappa shape index (κ2) is 5.11. The fraction of sp³-hybridized carbons (Fsp3) is 0.308. The van der Waals surface area contributed by atoms with Crippen LogP contribution in [0.2, 0.25) is 0 Å². The molecule has 1 N–H and O–H groups in total. The van der Waals surface area contributed by atoms with Crippen LogP contribution in [-0.2, 0) is 6.54 Å². The van der Waals surface area contributed by atoms with Gasteiger partial charge in [0.05, 0.1) is 5.69 Å². The monoisotopic (exact) mass is 317 g/mol. The van der Waals surface area contributed by atoms with E-state index in [0.717, 1.165) is 16.7 Å². The predicted octanol–water partition coefficient (Wildman–Crippen LogP) is 2.15. The van der Waals surface area contributed by atoms with Crippen molar-refractivity contribution in [3.63, 3.8) is 0 Å². The Bertz CT molecular complexity index is 639. The molecule has 1 fully saturated rings. The van der Waals surface area contributed by atoms with E-state index in [2.05, 4.69) is 37.4 Å². The molecule has 5 nitrogen and oxygen atoms in total. The highest BCUT2D eigenvalue weighted by Crippen LogP contribution is 2.23. The van der Waals surface area contributed by atoms with E-state index in [4.69, 9.17) is 5.26 Å². The lowest BCUT2D eigenvalue weighted by Crippen LogP contribution is -2.15. The van der Waals surface area contributed by atoms with Gasteiger partial charge in [-0.3, -0.25) is 0 Å². The first-order valence-corrected chi connectivity index (χ1v) is 6.89. The van der Waals surface area contributed by atoms with E-state index < -0.39 is 0 Å². The van der Waals surface area contributed by atoms with E-state index in [1.54, 1.807) is 11.0 Å². The van der Waals surface area contributed by atoms with Crippen molar-refractivity contribution < 1.29 is 0 Å². The second-order valence-corrected chi connectivity index (χ2v) is 5.41. The molecular weight excluding hydrogens is 306 g/mol. The summed E-state index contributed by atoms with van der Waals surface area (Å²) in [7, 11) is 0. The molecule has 2 aromatic rings. The Morgan fingerprint density at radius 3 is 2.95 bits per heavy atom. The number of hydrogen-bond donors (Lipinski definition) is 1. The van der Waals surface area contributed by atoms with Crippen molar-refractivity contribution in [2.24, 2.45) is 0 Å². The zero-order chi connectivity index (χ0) is 13.2. The van der Waals surface area contributed by atoms with Crippen molar-refractivity contribution in [2.45, 2.75) is 25.4 Å². The molecule has 0 saturated heterocycles. The van der Waals surface area contributed by atoms with Crippen molar-refractivity contribution in [3.8, 4) is 11.8 Å². The van der Waals surface area contributed by atoms with E-state index in [1.165, 1.54) is 18.4 Å². The number of hydrogen-bond acceptors (Lipinski definition) is 4. The van der Waals surface area contributed by atoms with Crippen molar-refractivity contribution in [1.29, 1.82) is 5.26 Å². The molecular formula is C13H12BrN5. The fourth-order valence-electron chi connectivity index (χ4n) is 1.80. The van der Waals surface area contributed by atoms with Crippen LogP contribution in [0.5, 0.6) is 0 Å². The molecule has 0 atom stereocenters. The Morgan fingerprint density at radius 1 is 1.47 bits per heavy atom. The smallest absolute Gasteiger partial charge is 0.252 e. The minimum atomic E-state index is 0.176. The summed E-state index contributed by atoms with van der Waals surface area (Å²) in [6.45, 7) is 0.867. The molecule has 1 heterocycles. The van der Waals surface area contributed by atoms with Gasteiger partial charge in [-0.05, 0) is 30.5 Å². The molecule has 0 aliphatic heterocycles. The van der Waals surface area contributed by atoms with Crippen LogP contribution in [0, 0.1) is 11.3 Å². The summed E-state index contributed by atoms with van der Waals surface area (Å²) in [5.41, 5.74) is 2.10. The fourth-order valence-corrected chi connectivity index (χ4v) is 2.31. The summed E-state index contributed by atoms with van der Waals surface area (Å²) < 4.78 is 2.63. The molecule has 19 heavy (non-hydrogen) atoms. The second-order valence-electron chi connectivity index (χ2n) is 4.56. The summed E-state index contributed by atoms with van der Waals surface area (Å²) in [5.74, 6) is 0.176. The quantitative estimate of drug-likeness (QED) is 0.938. The van der Waals surface area contributed by atoms with Crippen LogP contribution in [0.3, 0.4) is 0 Å². The zero-order valence-corrected chi connectivity index (χ0v) is 11.8. The van der Waals surface area contributed by atoms with Crippen LogP contribution in [0.1, 0.15) is 24.2 Å². The average molecular weight is 318 g/mol. The van der Waals surface area contributed by atoms with E-state index >= 15 is 0 Å². The van der Waals surface area contributed by atoms with Crippen molar-refractivity contribution in [2.75, 3.05) is 0 Å². The summed E-state index contributed by atoms with van der Waals surface area (Å²) in [5, 5.41) is 16.3. The SMILES string of the molecule is N#Cc1ncn(-c2ccc(CNC3CC3)c(Br)c2)n1. The number of nitriles is 1. The van der Waals surface area contributed by atoms with Gasteiger partial charge in [0.2, 0.25) is 0 Å². The maximum Gasteiger partial charge on any atom is 0.252 e. The van der Waals surface area contributed by atoms with Crippen LogP contribution in [0.4, 0.5) is 0 Å². The lowest BCUT2D eigenvalue weighted by molar-refractivity contribution is 0.685. The molecule has 1 aromatic carbocycles. The number of benzene rings is 1. The highest BCUT2D eigenvalue weighted by Gasteiger charge is 2.20. The zero-order valence-electron chi connectivity index (χ0n) is 10.2. The molecule has 6 heteroatoms. The third-order valence-electron chi connectivity index (χ3n) is 3.05. The van der Waals surface area contributed by atoms with Gasteiger partial charge in [-0.25, -0.2) is 9.67 Å². The Morgan fingerprint density at radius 2 is 2.32 bits per heavy atom. The molecule has 96 valence electrons. The third-order valence-corrected chi connectivity index (χ3v) is 3.79. The Kier molecular flexibility index (Phi) is 3.32. The largest absolute Gasteiger partial charge is 0.310 e. The first-order valence-electron chi connectivity index (χ1n) is 6.10. The standard InChI is InChI=1S/C13H12BrN5/c14-12-5-11(19-8-17-13(6-15)18-19)4-1-9(12)7-16-10-2-3-10/h1,4-5,8,10,16H,2-3,7H2. The Labute approximate surface area is 119 Å². The molecule has 0 bridgehead atoms. The molecule has 1 aliphatic carbocycles. The minimum Gasteiger partial charge on any atom is -0.310 e. The molecule has 0 amide bonds. The van der Waals surface area contributed by atoms with Crippen molar-refractivity contribution >= 4 is 15.9 Å². The van der Waals surface area contributed by atoms with Crippen LogP contribution < -0.4 is 5.32 Å². The Balaban J connectivity index is 1.79. The number of nitrogens with zero attached hydrogens (tertiary/aromatic N) is 4. The summed E-state index contributed by atoms with van der Waals surface area (Å²) >= 11 is 3.57. The maximum atomic E-state index is 8.72. The van der Waals surface area contributed by atoms with Crippen LogP contribution in [0.25, 0.3) is 5.69 Å². The number of nitrogens with one attached hydrogen (secondary N) is 1. The van der Waals surface area contributed by atoms with Gasteiger partial charge in [-0.2, -0.15) is 5.26 Å². The van der Waals surface area contributed by atoms with Crippen LogP contribution in [-0.4, -0.2) is 20.8 Å². The van der Waals surface area contributed by atoms with E-state index in [1.807, 2.05) is 18.2 Å². The molecule has 0 unspecified atom stereocenters.